The van der Waals surface area contributed by atoms with Crippen LogP contribution in [-0.2, 0) is 4.79 Å². The number of carboxylic acid groups (broad SMARTS) is 1. The van der Waals surface area contributed by atoms with Crippen molar-refractivity contribution >= 4 is 33.3 Å². The molecule has 0 bridgehead atoms. The summed E-state index contributed by atoms with van der Waals surface area (Å²) in [6.45, 7) is 4.01. The summed E-state index contributed by atoms with van der Waals surface area (Å²) < 4.78 is 0. The lowest BCUT2D eigenvalue weighted by molar-refractivity contribution is -0.138. The Labute approximate surface area is 144 Å². The molecule has 5 nitrogen and oxygen atoms in total. The molecular weight excluding hydrogens is 322 g/mol. The maximum Gasteiger partial charge on any atom is 0.326 e. The van der Waals surface area contributed by atoms with E-state index in [0.29, 0.717) is 12.2 Å². The molecule has 3 rings (SSSR count). The summed E-state index contributed by atoms with van der Waals surface area (Å²) in [5, 5.41) is 13.4. The highest BCUT2D eigenvalue weighted by atomic mass is 32.1. The lowest BCUT2D eigenvalue weighted by atomic mass is 10.0. The molecule has 0 spiro atoms. The van der Waals surface area contributed by atoms with E-state index in [-0.39, 0.29) is 5.92 Å². The second-order valence-electron chi connectivity index (χ2n) is 6.08. The second-order valence-corrected chi connectivity index (χ2v) is 7.11. The summed E-state index contributed by atoms with van der Waals surface area (Å²) in [7, 11) is 0. The van der Waals surface area contributed by atoms with Crippen LogP contribution < -0.4 is 5.32 Å². The predicted molar refractivity (Wildman–Crippen MR) is 97.4 cm³/mol. The molecule has 124 valence electrons. The quantitative estimate of drug-likeness (QED) is 0.700. The molecule has 1 aromatic carbocycles. The minimum Gasteiger partial charge on any atom is -0.480 e. The van der Waals surface area contributed by atoms with Crippen LogP contribution in [0, 0.1) is 5.92 Å². The summed E-state index contributed by atoms with van der Waals surface area (Å²) >= 11 is 1.58. The molecule has 0 aliphatic rings. The number of nitrogens with one attached hydrogen (secondary N) is 1. The van der Waals surface area contributed by atoms with E-state index in [0.717, 1.165) is 20.7 Å². The third-order valence-corrected chi connectivity index (χ3v) is 4.80. The van der Waals surface area contributed by atoms with Crippen molar-refractivity contribution in [1.82, 2.24) is 9.97 Å². The number of fused-ring (bicyclic) bond motifs is 1. The van der Waals surface area contributed by atoms with Crippen LogP contribution in [0.25, 0.3) is 20.7 Å². The van der Waals surface area contributed by atoms with Gasteiger partial charge in [0.25, 0.3) is 0 Å². The number of benzene rings is 1. The van der Waals surface area contributed by atoms with Gasteiger partial charge in [0.1, 0.15) is 23.0 Å². The van der Waals surface area contributed by atoms with E-state index in [2.05, 4.69) is 15.3 Å². The molecular formula is C18H19N3O2S. The molecule has 0 radical (unpaired) electrons. The van der Waals surface area contributed by atoms with Gasteiger partial charge in [-0.1, -0.05) is 44.2 Å². The molecule has 24 heavy (non-hydrogen) atoms. The van der Waals surface area contributed by atoms with Crippen molar-refractivity contribution in [1.29, 1.82) is 0 Å². The predicted octanol–water partition coefficient (Wildman–Crippen LogP) is 4.27. The van der Waals surface area contributed by atoms with Gasteiger partial charge in [-0.05, 0) is 24.0 Å². The fraction of sp³-hybridized carbons (Fsp3) is 0.278. The zero-order valence-corrected chi connectivity index (χ0v) is 14.4. The van der Waals surface area contributed by atoms with Gasteiger partial charge in [-0.3, -0.25) is 0 Å². The normalized spacial score (nSPS) is 12.5. The van der Waals surface area contributed by atoms with Gasteiger partial charge in [0.05, 0.1) is 5.39 Å². The summed E-state index contributed by atoms with van der Waals surface area (Å²) in [5.74, 6) is -0.0151. The first-order chi connectivity index (χ1) is 11.5. The maximum absolute atomic E-state index is 11.5. The van der Waals surface area contributed by atoms with Crippen molar-refractivity contribution < 1.29 is 9.90 Å². The molecule has 1 atom stereocenters. The van der Waals surface area contributed by atoms with Crippen LogP contribution in [0.1, 0.15) is 20.3 Å². The average molecular weight is 341 g/mol. The van der Waals surface area contributed by atoms with Crippen LogP contribution in [0.4, 0.5) is 5.82 Å². The molecule has 2 N–H and O–H groups in total. The number of carboxylic acids is 1. The topological polar surface area (TPSA) is 75.1 Å². The number of rotatable bonds is 6. The Morgan fingerprint density at radius 1 is 1.25 bits per heavy atom. The van der Waals surface area contributed by atoms with Crippen molar-refractivity contribution in [2.24, 2.45) is 5.92 Å². The molecule has 0 saturated heterocycles. The first kappa shape index (κ1) is 16.4. The molecule has 0 aliphatic heterocycles. The van der Waals surface area contributed by atoms with E-state index in [1.165, 1.54) is 6.33 Å². The van der Waals surface area contributed by atoms with E-state index in [1.807, 2.05) is 50.2 Å². The molecule has 3 aromatic rings. The lowest BCUT2D eigenvalue weighted by Gasteiger charge is -2.17. The first-order valence-corrected chi connectivity index (χ1v) is 8.65. The van der Waals surface area contributed by atoms with E-state index in [9.17, 15) is 9.90 Å². The maximum atomic E-state index is 11.5. The smallest absolute Gasteiger partial charge is 0.326 e. The number of thiophene rings is 1. The number of hydrogen-bond donors (Lipinski definition) is 2. The highest BCUT2D eigenvalue weighted by molar-refractivity contribution is 7.21. The van der Waals surface area contributed by atoms with Crippen LogP contribution in [0.3, 0.4) is 0 Å². The Morgan fingerprint density at radius 2 is 2.00 bits per heavy atom. The van der Waals surface area contributed by atoms with Crippen LogP contribution in [0.2, 0.25) is 0 Å². The monoisotopic (exact) mass is 341 g/mol. The zero-order chi connectivity index (χ0) is 17.1. The number of nitrogens with zero attached hydrogens (tertiary/aromatic N) is 2. The van der Waals surface area contributed by atoms with Crippen molar-refractivity contribution in [3.63, 3.8) is 0 Å². The lowest BCUT2D eigenvalue weighted by Crippen LogP contribution is -2.31. The van der Waals surface area contributed by atoms with Crippen molar-refractivity contribution in [3.05, 3.63) is 42.7 Å². The average Bonchev–Trinajstić information content (AvgIpc) is 3.00. The molecule has 0 amide bonds. The first-order valence-electron chi connectivity index (χ1n) is 7.84. The number of aliphatic carboxylic acids is 1. The molecule has 2 heterocycles. The summed E-state index contributed by atoms with van der Waals surface area (Å²) in [5.41, 5.74) is 1.11. The molecule has 6 heteroatoms. The van der Waals surface area contributed by atoms with Crippen LogP contribution in [0.5, 0.6) is 0 Å². The molecule has 2 aromatic heterocycles. The highest BCUT2D eigenvalue weighted by Crippen LogP contribution is 2.35. The minimum atomic E-state index is -0.867. The Bertz CT molecular complexity index is 846. The van der Waals surface area contributed by atoms with Gasteiger partial charge < -0.3 is 10.4 Å². The zero-order valence-electron chi connectivity index (χ0n) is 13.6. The SMILES string of the molecule is CC(C)CC(Nc1ncnc2sc(-c3ccccc3)cc12)C(=O)O. The van der Waals surface area contributed by atoms with E-state index < -0.39 is 12.0 Å². The second kappa shape index (κ2) is 6.97. The van der Waals surface area contributed by atoms with Crippen molar-refractivity contribution in [2.45, 2.75) is 26.3 Å². The van der Waals surface area contributed by atoms with Gasteiger partial charge in [0.2, 0.25) is 0 Å². The number of carbonyl (C=O) groups is 1. The van der Waals surface area contributed by atoms with Crippen LogP contribution in [0.15, 0.2) is 42.7 Å². The number of hydrogen-bond acceptors (Lipinski definition) is 5. The van der Waals surface area contributed by atoms with Crippen LogP contribution >= 0.6 is 11.3 Å². The van der Waals surface area contributed by atoms with E-state index >= 15 is 0 Å². The van der Waals surface area contributed by atoms with Crippen molar-refractivity contribution in [2.75, 3.05) is 5.32 Å². The Balaban J connectivity index is 1.96. The number of aromatic nitrogens is 2. The molecule has 1 unspecified atom stereocenters. The third kappa shape index (κ3) is 3.54. The fourth-order valence-corrected chi connectivity index (χ4v) is 3.58. The van der Waals surface area contributed by atoms with Crippen LogP contribution in [-0.4, -0.2) is 27.1 Å². The van der Waals surface area contributed by atoms with Gasteiger partial charge in [-0.25, -0.2) is 14.8 Å². The Kier molecular flexibility index (Phi) is 4.76. The van der Waals surface area contributed by atoms with Gasteiger partial charge in [0, 0.05) is 4.88 Å². The van der Waals surface area contributed by atoms with Crippen molar-refractivity contribution in [3.8, 4) is 10.4 Å². The molecule has 0 fully saturated rings. The largest absolute Gasteiger partial charge is 0.480 e. The van der Waals surface area contributed by atoms with Gasteiger partial charge in [-0.15, -0.1) is 11.3 Å². The summed E-state index contributed by atoms with van der Waals surface area (Å²) in [4.78, 5) is 22.0. The minimum absolute atomic E-state index is 0.276. The van der Waals surface area contributed by atoms with Gasteiger partial charge in [-0.2, -0.15) is 0 Å². The van der Waals surface area contributed by atoms with E-state index in [4.69, 9.17) is 0 Å². The Hall–Kier alpha value is -2.47. The number of anilines is 1. The van der Waals surface area contributed by atoms with Gasteiger partial charge in [0.15, 0.2) is 0 Å². The molecule has 0 saturated carbocycles. The summed E-state index contributed by atoms with van der Waals surface area (Å²) in [6, 6.07) is 11.4. The third-order valence-electron chi connectivity index (χ3n) is 3.70. The van der Waals surface area contributed by atoms with Gasteiger partial charge >= 0.3 is 5.97 Å². The Morgan fingerprint density at radius 3 is 2.67 bits per heavy atom. The highest BCUT2D eigenvalue weighted by Gasteiger charge is 2.21. The van der Waals surface area contributed by atoms with E-state index in [1.54, 1.807) is 11.3 Å². The molecule has 0 aliphatic carbocycles. The summed E-state index contributed by atoms with van der Waals surface area (Å²) in [6.07, 6.45) is 2.01. The standard InChI is InChI=1S/C18H19N3O2S/c1-11(2)8-14(18(22)23)21-16-13-9-15(12-6-4-3-5-7-12)24-17(13)20-10-19-16/h3-7,9-11,14H,8H2,1-2H3,(H,22,23)(H,19,20,21). The fourth-order valence-electron chi connectivity index (χ4n) is 2.57.